The summed E-state index contributed by atoms with van der Waals surface area (Å²) in [6.07, 6.45) is 0. The molecule has 0 saturated heterocycles. The number of ether oxygens (including phenoxy) is 1. The van der Waals surface area contributed by atoms with Crippen molar-refractivity contribution in [2.45, 2.75) is 13.5 Å². The predicted octanol–water partition coefficient (Wildman–Crippen LogP) is 4.01. The lowest BCUT2D eigenvalue weighted by Gasteiger charge is -2.08. The third-order valence-corrected chi connectivity index (χ3v) is 2.63. The summed E-state index contributed by atoms with van der Waals surface area (Å²) in [5.74, 6) is 0.100. The monoisotopic (exact) mass is 270 g/mol. The highest BCUT2D eigenvalue weighted by atomic mass is 79.9. The molecule has 0 unspecified atom stereocenters. The second-order valence-corrected chi connectivity index (χ2v) is 3.67. The number of hydrogen-bond donors (Lipinski definition) is 0. The van der Waals surface area contributed by atoms with E-state index in [4.69, 9.17) is 11.6 Å². The van der Waals surface area contributed by atoms with E-state index in [2.05, 4.69) is 20.7 Å². The predicted molar refractivity (Wildman–Crippen MR) is 50.5 cm³/mol. The van der Waals surface area contributed by atoms with Crippen LogP contribution in [-0.4, -0.2) is 6.61 Å². The van der Waals surface area contributed by atoms with E-state index in [1.807, 2.05) is 0 Å². The van der Waals surface area contributed by atoms with Crippen LogP contribution in [0, 0.1) is 6.92 Å². The van der Waals surface area contributed by atoms with Crippen molar-refractivity contribution in [2.24, 2.45) is 0 Å². The molecule has 0 aliphatic heterocycles. The summed E-state index contributed by atoms with van der Waals surface area (Å²) < 4.78 is 28.6. The van der Waals surface area contributed by atoms with Gasteiger partial charge in [-0.05, 0) is 34.5 Å². The number of benzene rings is 1. The van der Waals surface area contributed by atoms with Crippen molar-refractivity contribution >= 4 is 27.5 Å². The van der Waals surface area contributed by atoms with Crippen LogP contribution < -0.4 is 4.74 Å². The summed E-state index contributed by atoms with van der Waals surface area (Å²) in [4.78, 5) is 0. The molecule has 0 bridgehead atoms. The highest BCUT2D eigenvalue weighted by Crippen LogP contribution is 2.31. The van der Waals surface area contributed by atoms with E-state index in [1.165, 1.54) is 6.07 Å². The van der Waals surface area contributed by atoms with Gasteiger partial charge in [-0.15, -0.1) is 0 Å². The minimum Gasteiger partial charge on any atom is -0.435 e. The highest BCUT2D eigenvalue weighted by Gasteiger charge is 2.09. The van der Waals surface area contributed by atoms with Gasteiger partial charge in [-0.25, -0.2) is 0 Å². The van der Waals surface area contributed by atoms with Gasteiger partial charge in [0.05, 0.1) is 5.02 Å². The van der Waals surface area contributed by atoms with E-state index in [1.54, 1.807) is 13.0 Å². The number of hydrogen-bond acceptors (Lipinski definition) is 1. The first-order valence-corrected chi connectivity index (χ1v) is 4.58. The largest absolute Gasteiger partial charge is 0.435 e. The van der Waals surface area contributed by atoms with Crippen LogP contribution in [0.4, 0.5) is 8.78 Å². The van der Waals surface area contributed by atoms with Crippen LogP contribution in [0.25, 0.3) is 0 Å². The van der Waals surface area contributed by atoms with Gasteiger partial charge in [0, 0.05) is 10.5 Å². The van der Waals surface area contributed by atoms with Crippen LogP contribution in [0.15, 0.2) is 16.6 Å². The molecule has 0 fully saturated rings. The number of aryl methyl sites for hydroxylation is 1. The molecule has 0 aliphatic carbocycles. The van der Waals surface area contributed by atoms with Crippen LogP contribution in [0.1, 0.15) is 5.56 Å². The second-order valence-electron chi connectivity index (χ2n) is 2.41. The van der Waals surface area contributed by atoms with Crippen LogP contribution in [0.2, 0.25) is 5.02 Å². The van der Waals surface area contributed by atoms with Gasteiger partial charge in [-0.3, -0.25) is 0 Å². The maximum Gasteiger partial charge on any atom is 0.387 e. The first-order chi connectivity index (χ1) is 6.00. The van der Waals surface area contributed by atoms with E-state index in [-0.39, 0.29) is 5.75 Å². The summed E-state index contributed by atoms with van der Waals surface area (Å²) in [6.45, 7) is -1.16. The lowest BCUT2D eigenvalue weighted by Crippen LogP contribution is -2.03. The molecule has 0 heterocycles. The summed E-state index contributed by atoms with van der Waals surface area (Å²) >= 11 is 8.87. The van der Waals surface area contributed by atoms with E-state index in [0.29, 0.717) is 15.1 Å². The number of alkyl halides is 2. The minimum absolute atomic E-state index is 0.100. The molecule has 72 valence electrons. The van der Waals surface area contributed by atoms with Crippen molar-refractivity contribution in [2.75, 3.05) is 0 Å². The van der Waals surface area contributed by atoms with Gasteiger partial charge in [0.15, 0.2) is 0 Å². The molecular weight excluding hydrogens is 265 g/mol. The Morgan fingerprint density at radius 3 is 2.62 bits per heavy atom. The topological polar surface area (TPSA) is 9.23 Å². The Hall–Kier alpha value is -0.350. The summed E-state index contributed by atoms with van der Waals surface area (Å²) in [7, 11) is 0. The average Bonchev–Trinajstić information content (AvgIpc) is 1.99. The maximum atomic E-state index is 11.9. The summed E-state index contributed by atoms with van der Waals surface area (Å²) in [5, 5.41) is 0.348. The molecule has 0 N–H and O–H groups in total. The lowest BCUT2D eigenvalue weighted by molar-refractivity contribution is -0.0502. The molecule has 0 radical (unpaired) electrons. The Balaban J connectivity index is 3.01. The van der Waals surface area contributed by atoms with Crippen molar-refractivity contribution in [3.05, 3.63) is 27.2 Å². The fourth-order valence-corrected chi connectivity index (χ4v) is 1.46. The molecule has 1 aromatic carbocycles. The lowest BCUT2D eigenvalue weighted by atomic mass is 10.2. The van der Waals surface area contributed by atoms with E-state index in [9.17, 15) is 8.78 Å². The third-order valence-electron chi connectivity index (χ3n) is 1.43. The van der Waals surface area contributed by atoms with E-state index in [0.717, 1.165) is 0 Å². The Morgan fingerprint density at radius 2 is 2.08 bits per heavy atom. The average molecular weight is 271 g/mol. The number of rotatable bonds is 2. The molecule has 1 rings (SSSR count). The first kappa shape index (κ1) is 10.7. The molecule has 1 nitrogen and oxygen atoms in total. The fraction of sp³-hybridized carbons (Fsp3) is 0.250. The molecule has 0 saturated carbocycles. The fourth-order valence-electron chi connectivity index (χ4n) is 0.851. The van der Waals surface area contributed by atoms with Crippen molar-refractivity contribution in [3.63, 3.8) is 0 Å². The smallest absolute Gasteiger partial charge is 0.387 e. The zero-order valence-electron chi connectivity index (χ0n) is 6.65. The first-order valence-electron chi connectivity index (χ1n) is 3.41. The quantitative estimate of drug-likeness (QED) is 0.789. The van der Waals surface area contributed by atoms with Gasteiger partial charge in [0.1, 0.15) is 5.75 Å². The Bertz CT molecular complexity index is 317. The van der Waals surface area contributed by atoms with Gasteiger partial charge >= 0.3 is 6.61 Å². The van der Waals surface area contributed by atoms with Gasteiger partial charge in [-0.2, -0.15) is 8.78 Å². The third kappa shape index (κ3) is 2.81. The highest BCUT2D eigenvalue weighted by molar-refractivity contribution is 9.10. The minimum atomic E-state index is -2.82. The normalized spacial score (nSPS) is 10.6. The van der Waals surface area contributed by atoms with Crippen molar-refractivity contribution < 1.29 is 13.5 Å². The number of halogens is 4. The van der Waals surface area contributed by atoms with E-state index < -0.39 is 6.61 Å². The molecule has 1 aromatic rings. The summed E-state index contributed by atoms with van der Waals surface area (Å²) in [6, 6.07) is 2.98. The van der Waals surface area contributed by atoms with Crippen LogP contribution in [0.3, 0.4) is 0 Å². The van der Waals surface area contributed by atoms with Gasteiger partial charge in [0.2, 0.25) is 0 Å². The SMILES string of the molecule is Cc1cc(Br)c(Cl)cc1OC(F)F. The Labute approximate surface area is 87.8 Å². The Kier molecular flexibility index (Phi) is 3.50. The van der Waals surface area contributed by atoms with Gasteiger partial charge in [-0.1, -0.05) is 11.6 Å². The zero-order valence-corrected chi connectivity index (χ0v) is 8.99. The zero-order chi connectivity index (χ0) is 10.0. The van der Waals surface area contributed by atoms with E-state index >= 15 is 0 Å². The molecule has 0 aromatic heterocycles. The second kappa shape index (κ2) is 4.24. The van der Waals surface area contributed by atoms with Gasteiger partial charge in [0.25, 0.3) is 0 Å². The van der Waals surface area contributed by atoms with Crippen LogP contribution >= 0.6 is 27.5 Å². The molecular formula is C8H6BrClF2O. The van der Waals surface area contributed by atoms with Crippen molar-refractivity contribution in [1.29, 1.82) is 0 Å². The van der Waals surface area contributed by atoms with Gasteiger partial charge < -0.3 is 4.74 Å². The standard InChI is InChI=1S/C8H6BrClF2O/c1-4-2-5(9)6(10)3-7(4)13-8(11)12/h2-3,8H,1H3. The van der Waals surface area contributed by atoms with Crippen LogP contribution in [-0.2, 0) is 0 Å². The molecule has 0 atom stereocenters. The van der Waals surface area contributed by atoms with Crippen molar-refractivity contribution in [1.82, 2.24) is 0 Å². The molecule has 13 heavy (non-hydrogen) atoms. The van der Waals surface area contributed by atoms with Crippen molar-refractivity contribution in [3.8, 4) is 5.75 Å². The summed E-state index contributed by atoms with van der Waals surface area (Å²) in [5.41, 5.74) is 0.608. The molecule has 0 spiro atoms. The Morgan fingerprint density at radius 1 is 1.46 bits per heavy atom. The van der Waals surface area contributed by atoms with Crippen LogP contribution in [0.5, 0.6) is 5.75 Å². The maximum absolute atomic E-state index is 11.9. The molecule has 0 aliphatic rings. The molecule has 0 amide bonds. The molecule has 5 heteroatoms.